The molecule has 26 heavy (non-hydrogen) atoms. The van der Waals surface area contributed by atoms with Gasteiger partial charge in [-0.3, -0.25) is 4.79 Å². The molecule has 4 rings (SSSR count). The predicted molar refractivity (Wildman–Crippen MR) is 100.0 cm³/mol. The number of aromatic hydroxyl groups is 1. The molecular weight excluding hydrogens is 330 g/mol. The lowest BCUT2D eigenvalue weighted by Crippen LogP contribution is -2.18. The Bertz CT molecular complexity index is 958. The molecule has 1 atom stereocenters. The zero-order valence-electron chi connectivity index (χ0n) is 14.6. The number of rotatable bonds is 4. The van der Waals surface area contributed by atoms with Crippen molar-refractivity contribution in [2.45, 2.75) is 32.4 Å². The molecule has 6 nitrogen and oxygen atoms in total. The number of fused-ring (bicyclic) bond motifs is 1. The SMILES string of the molecule is CC(=O)c1ccc(Nc2ccc3cnn(C4CCCCO4)c3c2)cc1O. The summed E-state index contributed by atoms with van der Waals surface area (Å²) in [6.45, 7) is 2.20. The zero-order valence-corrected chi connectivity index (χ0v) is 14.6. The average Bonchev–Trinajstić information content (AvgIpc) is 3.05. The van der Waals surface area contributed by atoms with Crippen LogP contribution in [-0.4, -0.2) is 27.3 Å². The van der Waals surface area contributed by atoms with Gasteiger partial charge in [-0.05, 0) is 56.5 Å². The average molecular weight is 351 g/mol. The number of Topliss-reactive ketones (excluding diaryl/α,β-unsaturated/α-hetero) is 1. The molecule has 1 saturated heterocycles. The highest BCUT2D eigenvalue weighted by Gasteiger charge is 2.18. The van der Waals surface area contributed by atoms with E-state index in [0.29, 0.717) is 11.3 Å². The number of anilines is 2. The number of nitrogens with one attached hydrogen (secondary N) is 1. The summed E-state index contributed by atoms with van der Waals surface area (Å²) in [5.41, 5.74) is 2.92. The van der Waals surface area contributed by atoms with Gasteiger partial charge in [0.2, 0.25) is 0 Å². The third-order valence-corrected chi connectivity index (χ3v) is 4.69. The van der Waals surface area contributed by atoms with E-state index in [1.807, 2.05) is 29.1 Å². The number of ether oxygens (including phenoxy) is 1. The van der Waals surface area contributed by atoms with Crippen LogP contribution >= 0.6 is 0 Å². The number of aromatic nitrogens is 2. The van der Waals surface area contributed by atoms with E-state index in [0.717, 1.165) is 42.5 Å². The second-order valence-electron chi connectivity index (χ2n) is 6.60. The van der Waals surface area contributed by atoms with Crippen molar-refractivity contribution in [2.75, 3.05) is 11.9 Å². The van der Waals surface area contributed by atoms with E-state index in [1.165, 1.54) is 6.92 Å². The second-order valence-corrected chi connectivity index (χ2v) is 6.60. The van der Waals surface area contributed by atoms with Crippen LogP contribution in [0.2, 0.25) is 0 Å². The summed E-state index contributed by atoms with van der Waals surface area (Å²) >= 11 is 0. The quantitative estimate of drug-likeness (QED) is 0.682. The van der Waals surface area contributed by atoms with Crippen LogP contribution in [0.25, 0.3) is 10.9 Å². The fourth-order valence-electron chi connectivity index (χ4n) is 3.34. The topological polar surface area (TPSA) is 76.4 Å². The van der Waals surface area contributed by atoms with Gasteiger partial charge in [0.25, 0.3) is 0 Å². The summed E-state index contributed by atoms with van der Waals surface area (Å²) in [4.78, 5) is 11.4. The smallest absolute Gasteiger partial charge is 0.163 e. The molecule has 2 aromatic carbocycles. The first-order valence-corrected chi connectivity index (χ1v) is 8.82. The van der Waals surface area contributed by atoms with E-state index in [-0.39, 0.29) is 17.8 Å². The van der Waals surface area contributed by atoms with Crippen LogP contribution in [0, 0.1) is 0 Å². The summed E-state index contributed by atoms with van der Waals surface area (Å²) in [5.74, 6) is -0.184. The number of phenols is 1. The van der Waals surface area contributed by atoms with E-state index in [4.69, 9.17) is 4.74 Å². The lowest BCUT2D eigenvalue weighted by molar-refractivity contribution is -0.0366. The Balaban J connectivity index is 1.63. The molecule has 0 radical (unpaired) electrons. The number of ketones is 1. The van der Waals surface area contributed by atoms with Crippen LogP contribution in [-0.2, 0) is 4.74 Å². The van der Waals surface area contributed by atoms with Gasteiger partial charge in [-0.2, -0.15) is 5.10 Å². The Morgan fingerprint density at radius 3 is 2.77 bits per heavy atom. The van der Waals surface area contributed by atoms with Crippen LogP contribution in [0.5, 0.6) is 5.75 Å². The van der Waals surface area contributed by atoms with Crippen LogP contribution in [0.4, 0.5) is 11.4 Å². The van der Waals surface area contributed by atoms with Crippen molar-refractivity contribution in [1.29, 1.82) is 0 Å². The maximum Gasteiger partial charge on any atom is 0.163 e. The largest absolute Gasteiger partial charge is 0.507 e. The molecule has 0 saturated carbocycles. The first-order valence-electron chi connectivity index (χ1n) is 8.82. The van der Waals surface area contributed by atoms with Crippen molar-refractivity contribution in [3.05, 3.63) is 48.2 Å². The predicted octanol–water partition coefficient (Wildman–Crippen LogP) is 4.39. The molecule has 1 aromatic heterocycles. The molecule has 1 aliphatic rings. The fraction of sp³-hybridized carbons (Fsp3) is 0.300. The maximum atomic E-state index is 11.4. The Labute approximate surface area is 151 Å². The number of benzene rings is 2. The number of hydrogen-bond acceptors (Lipinski definition) is 5. The summed E-state index contributed by atoms with van der Waals surface area (Å²) < 4.78 is 7.80. The third-order valence-electron chi connectivity index (χ3n) is 4.69. The van der Waals surface area contributed by atoms with Crippen LogP contribution < -0.4 is 5.32 Å². The van der Waals surface area contributed by atoms with Crippen molar-refractivity contribution in [2.24, 2.45) is 0 Å². The minimum Gasteiger partial charge on any atom is -0.507 e. The normalized spacial score (nSPS) is 17.3. The molecule has 3 aromatic rings. The molecule has 1 aliphatic heterocycles. The van der Waals surface area contributed by atoms with Crippen molar-refractivity contribution in [1.82, 2.24) is 9.78 Å². The number of hydrogen-bond donors (Lipinski definition) is 2. The van der Waals surface area contributed by atoms with Crippen molar-refractivity contribution in [3.63, 3.8) is 0 Å². The zero-order chi connectivity index (χ0) is 18.1. The minimum atomic E-state index is -0.160. The Morgan fingerprint density at radius 1 is 1.23 bits per heavy atom. The summed E-state index contributed by atoms with van der Waals surface area (Å²) in [6.07, 6.45) is 5.04. The Morgan fingerprint density at radius 2 is 2.04 bits per heavy atom. The van der Waals surface area contributed by atoms with Gasteiger partial charge in [0.1, 0.15) is 5.75 Å². The standard InChI is InChI=1S/C20H21N3O3/c1-13(24)17-8-7-16(11-19(17)25)22-15-6-5-14-12-21-23(18(14)10-15)20-4-2-3-9-26-20/h5-8,10-12,20,22,25H,2-4,9H2,1H3. The molecule has 0 amide bonds. The van der Waals surface area contributed by atoms with Gasteiger partial charge >= 0.3 is 0 Å². The molecule has 134 valence electrons. The third kappa shape index (κ3) is 3.15. The first-order chi connectivity index (χ1) is 12.6. The molecule has 2 heterocycles. The lowest BCUT2D eigenvalue weighted by atomic mass is 10.1. The molecule has 1 unspecified atom stereocenters. The molecule has 1 fully saturated rings. The first kappa shape index (κ1) is 16.6. The number of carbonyl (C=O) groups is 1. The van der Waals surface area contributed by atoms with Crippen LogP contribution in [0.3, 0.4) is 0 Å². The van der Waals surface area contributed by atoms with Gasteiger partial charge in [-0.1, -0.05) is 0 Å². The summed E-state index contributed by atoms with van der Waals surface area (Å²) in [5, 5.41) is 18.8. The molecule has 2 N–H and O–H groups in total. The lowest BCUT2D eigenvalue weighted by Gasteiger charge is -2.23. The second kappa shape index (κ2) is 6.80. The Hall–Kier alpha value is -2.86. The van der Waals surface area contributed by atoms with E-state index in [9.17, 15) is 9.90 Å². The molecule has 6 heteroatoms. The van der Waals surface area contributed by atoms with Crippen molar-refractivity contribution >= 4 is 28.1 Å². The monoisotopic (exact) mass is 351 g/mol. The van der Waals surface area contributed by atoms with Gasteiger partial charge < -0.3 is 15.2 Å². The van der Waals surface area contributed by atoms with Crippen molar-refractivity contribution < 1.29 is 14.6 Å². The van der Waals surface area contributed by atoms with Crippen LogP contribution in [0.1, 0.15) is 42.8 Å². The molecule has 0 aliphatic carbocycles. The summed E-state index contributed by atoms with van der Waals surface area (Å²) in [7, 11) is 0. The highest BCUT2D eigenvalue weighted by Crippen LogP contribution is 2.30. The highest BCUT2D eigenvalue weighted by atomic mass is 16.5. The fourth-order valence-corrected chi connectivity index (χ4v) is 3.34. The molecular formula is C20H21N3O3. The highest BCUT2D eigenvalue weighted by molar-refractivity contribution is 5.97. The number of carbonyl (C=O) groups excluding carboxylic acids is 1. The van der Waals surface area contributed by atoms with E-state index in [1.54, 1.807) is 18.2 Å². The minimum absolute atomic E-state index is 0.0182. The maximum absolute atomic E-state index is 11.4. The van der Waals surface area contributed by atoms with Gasteiger partial charge in [-0.25, -0.2) is 4.68 Å². The van der Waals surface area contributed by atoms with E-state index in [2.05, 4.69) is 10.4 Å². The van der Waals surface area contributed by atoms with Gasteiger partial charge in [-0.15, -0.1) is 0 Å². The summed E-state index contributed by atoms with van der Waals surface area (Å²) in [6, 6.07) is 11.0. The Kier molecular flexibility index (Phi) is 4.34. The van der Waals surface area contributed by atoms with Gasteiger partial charge in [0.05, 0.1) is 17.3 Å². The van der Waals surface area contributed by atoms with E-state index < -0.39 is 0 Å². The van der Waals surface area contributed by atoms with Gasteiger partial charge in [0.15, 0.2) is 12.0 Å². The number of phenolic OH excluding ortho intramolecular Hbond substituents is 1. The van der Waals surface area contributed by atoms with Crippen LogP contribution in [0.15, 0.2) is 42.6 Å². The van der Waals surface area contributed by atoms with Crippen molar-refractivity contribution in [3.8, 4) is 5.75 Å². The molecule has 0 spiro atoms. The van der Waals surface area contributed by atoms with E-state index >= 15 is 0 Å². The number of nitrogens with zero attached hydrogens (tertiary/aromatic N) is 2. The van der Waals surface area contributed by atoms with Gasteiger partial charge in [0, 0.05) is 29.4 Å². The molecule has 0 bridgehead atoms.